The number of carbonyl (C=O) groups excluding carboxylic acids is 1. The zero-order chi connectivity index (χ0) is 18.8. The van der Waals surface area contributed by atoms with Crippen LogP contribution in [0.4, 0.5) is 0 Å². The van der Waals surface area contributed by atoms with Crippen molar-refractivity contribution >= 4 is 16.9 Å². The number of fused-ring (bicyclic) bond motifs is 1. The van der Waals surface area contributed by atoms with Gasteiger partial charge in [-0.25, -0.2) is 4.98 Å². The minimum absolute atomic E-state index is 0.0994. The Bertz CT molecular complexity index is 945. The van der Waals surface area contributed by atoms with Gasteiger partial charge in [-0.2, -0.15) is 4.98 Å². The number of carbonyl (C=O) groups is 1. The van der Waals surface area contributed by atoms with Crippen molar-refractivity contribution in [2.45, 2.75) is 58.5 Å². The molecule has 1 aliphatic rings. The highest BCUT2D eigenvalue weighted by molar-refractivity contribution is 5.78. The fourth-order valence-corrected chi connectivity index (χ4v) is 3.93. The zero-order valence-electron chi connectivity index (χ0n) is 15.9. The maximum Gasteiger partial charge on any atom is 0.249 e. The van der Waals surface area contributed by atoms with Crippen LogP contribution in [-0.2, 0) is 17.8 Å². The van der Waals surface area contributed by atoms with Crippen LogP contribution in [0.25, 0.3) is 11.0 Å². The van der Waals surface area contributed by atoms with Gasteiger partial charge in [-0.3, -0.25) is 4.79 Å². The SMILES string of the molecule is CCc1nc2ccccc2n1CCC(=O)N1CCCC[C@@H]1c1nc(C)no1. The Balaban J connectivity index is 1.52. The van der Waals surface area contributed by atoms with Gasteiger partial charge in [0.2, 0.25) is 11.8 Å². The summed E-state index contributed by atoms with van der Waals surface area (Å²) in [5.41, 5.74) is 2.07. The largest absolute Gasteiger partial charge is 0.337 e. The first-order chi connectivity index (χ1) is 13.2. The molecule has 3 aromatic rings. The van der Waals surface area contributed by atoms with E-state index >= 15 is 0 Å². The quantitative estimate of drug-likeness (QED) is 0.690. The first-order valence-corrected chi connectivity index (χ1v) is 9.71. The number of rotatable bonds is 5. The average molecular weight is 367 g/mol. The summed E-state index contributed by atoms with van der Waals surface area (Å²) in [6, 6.07) is 8.00. The average Bonchev–Trinajstić information content (AvgIpc) is 3.29. The highest BCUT2D eigenvalue weighted by atomic mass is 16.5. The zero-order valence-corrected chi connectivity index (χ0v) is 15.9. The standard InChI is InChI=1S/C20H25N5O2/c1-3-18-22-15-8-4-5-9-16(15)24(18)13-11-19(26)25-12-7-6-10-17(25)20-21-14(2)23-27-20/h4-5,8-9,17H,3,6-7,10-13H2,1-2H3/t17-/m1/s1. The van der Waals surface area contributed by atoms with Crippen molar-refractivity contribution in [2.24, 2.45) is 0 Å². The first kappa shape index (κ1) is 17.7. The summed E-state index contributed by atoms with van der Waals surface area (Å²) in [7, 11) is 0. The highest BCUT2D eigenvalue weighted by Crippen LogP contribution is 2.30. The van der Waals surface area contributed by atoms with Crippen LogP contribution >= 0.6 is 0 Å². The summed E-state index contributed by atoms with van der Waals surface area (Å²) in [6.45, 7) is 5.28. The third-order valence-electron chi connectivity index (χ3n) is 5.25. The fourth-order valence-electron chi connectivity index (χ4n) is 3.93. The Morgan fingerprint density at radius 3 is 2.89 bits per heavy atom. The number of likely N-dealkylation sites (tertiary alicyclic amines) is 1. The molecular weight excluding hydrogens is 342 g/mol. The van der Waals surface area contributed by atoms with E-state index in [4.69, 9.17) is 9.51 Å². The van der Waals surface area contributed by atoms with Crippen LogP contribution in [0.5, 0.6) is 0 Å². The Hall–Kier alpha value is -2.70. The van der Waals surface area contributed by atoms with Gasteiger partial charge in [-0.15, -0.1) is 0 Å². The Kier molecular flexibility index (Phi) is 4.92. The topological polar surface area (TPSA) is 77.1 Å². The van der Waals surface area contributed by atoms with E-state index in [2.05, 4.69) is 27.7 Å². The normalized spacial score (nSPS) is 17.6. The number of para-hydroxylation sites is 2. The van der Waals surface area contributed by atoms with Crippen molar-refractivity contribution < 1.29 is 9.32 Å². The number of aromatic nitrogens is 4. The van der Waals surface area contributed by atoms with E-state index in [1.165, 1.54) is 0 Å². The molecule has 1 aliphatic heterocycles. The monoisotopic (exact) mass is 367 g/mol. The summed E-state index contributed by atoms with van der Waals surface area (Å²) >= 11 is 0. The lowest BCUT2D eigenvalue weighted by Crippen LogP contribution is -2.39. The second-order valence-corrected chi connectivity index (χ2v) is 7.05. The minimum atomic E-state index is -0.0994. The van der Waals surface area contributed by atoms with E-state index < -0.39 is 0 Å². The molecule has 1 saturated heterocycles. The van der Waals surface area contributed by atoms with Crippen LogP contribution < -0.4 is 0 Å². The molecule has 0 aliphatic carbocycles. The molecule has 1 atom stereocenters. The molecule has 0 radical (unpaired) electrons. The molecule has 1 fully saturated rings. The van der Waals surface area contributed by atoms with Crippen LogP contribution in [0.1, 0.15) is 56.2 Å². The summed E-state index contributed by atoms with van der Waals surface area (Å²) in [5, 5.41) is 3.89. The lowest BCUT2D eigenvalue weighted by molar-refractivity contribution is -0.136. The fraction of sp³-hybridized carbons (Fsp3) is 0.500. The predicted octanol–water partition coefficient (Wildman–Crippen LogP) is 3.43. The number of hydrogen-bond donors (Lipinski definition) is 0. The van der Waals surface area contributed by atoms with Gasteiger partial charge in [0.05, 0.1) is 11.0 Å². The van der Waals surface area contributed by atoms with E-state index in [9.17, 15) is 4.79 Å². The van der Waals surface area contributed by atoms with Crippen LogP contribution in [0.2, 0.25) is 0 Å². The number of imidazole rings is 1. The van der Waals surface area contributed by atoms with Gasteiger partial charge in [-0.05, 0) is 38.3 Å². The number of aryl methyl sites for hydroxylation is 3. The Morgan fingerprint density at radius 1 is 1.26 bits per heavy atom. The Labute approximate surface area is 158 Å². The maximum absolute atomic E-state index is 13.0. The predicted molar refractivity (Wildman–Crippen MR) is 101 cm³/mol. The molecule has 0 bridgehead atoms. The molecule has 0 unspecified atom stereocenters. The van der Waals surface area contributed by atoms with E-state index in [0.29, 0.717) is 24.7 Å². The molecule has 0 saturated carbocycles. The van der Waals surface area contributed by atoms with Crippen LogP contribution in [0.15, 0.2) is 28.8 Å². The number of amides is 1. The molecule has 4 rings (SSSR count). The molecule has 0 N–H and O–H groups in total. The van der Waals surface area contributed by atoms with Crippen LogP contribution in [-0.4, -0.2) is 37.0 Å². The van der Waals surface area contributed by atoms with Crippen LogP contribution in [0, 0.1) is 6.92 Å². The van der Waals surface area contributed by atoms with E-state index in [1.807, 2.05) is 23.1 Å². The molecule has 2 aromatic heterocycles. The molecule has 1 aromatic carbocycles. The summed E-state index contributed by atoms with van der Waals surface area (Å²) in [4.78, 5) is 24.0. The third kappa shape index (κ3) is 3.46. The number of hydrogen-bond acceptors (Lipinski definition) is 5. The van der Waals surface area contributed by atoms with Gasteiger partial charge >= 0.3 is 0 Å². The van der Waals surface area contributed by atoms with E-state index in [-0.39, 0.29) is 11.9 Å². The molecule has 27 heavy (non-hydrogen) atoms. The summed E-state index contributed by atoms with van der Waals surface area (Å²) < 4.78 is 7.53. The summed E-state index contributed by atoms with van der Waals surface area (Å²) in [5.74, 6) is 2.32. The Morgan fingerprint density at radius 2 is 2.11 bits per heavy atom. The lowest BCUT2D eigenvalue weighted by Gasteiger charge is -2.33. The van der Waals surface area contributed by atoms with Gasteiger partial charge in [0.25, 0.3) is 0 Å². The number of benzene rings is 1. The molecule has 7 heteroatoms. The highest BCUT2D eigenvalue weighted by Gasteiger charge is 2.31. The molecular formula is C20H25N5O2. The molecule has 0 spiro atoms. The van der Waals surface area contributed by atoms with Gasteiger partial charge in [0.15, 0.2) is 5.82 Å². The van der Waals surface area contributed by atoms with Crippen molar-refractivity contribution in [3.63, 3.8) is 0 Å². The molecule has 7 nitrogen and oxygen atoms in total. The second kappa shape index (κ2) is 7.50. The minimum Gasteiger partial charge on any atom is -0.337 e. The smallest absolute Gasteiger partial charge is 0.249 e. The van der Waals surface area contributed by atoms with Crippen molar-refractivity contribution in [1.29, 1.82) is 0 Å². The molecule has 142 valence electrons. The van der Waals surface area contributed by atoms with Gasteiger partial charge in [-0.1, -0.05) is 24.2 Å². The first-order valence-electron chi connectivity index (χ1n) is 9.71. The van der Waals surface area contributed by atoms with Crippen molar-refractivity contribution in [1.82, 2.24) is 24.6 Å². The number of piperidine rings is 1. The lowest BCUT2D eigenvalue weighted by atomic mass is 10.0. The van der Waals surface area contributed by atoms with Crippen LogP contribution in [0.3, 0.4) is 0 Å². The third-order valence-corrected chi connectivity index (χ3v) is 5.25. The molecule has 1 amide bonds. The second-order valence-electron chi connectivity index (χ2n) is 7.05. The summed E-state index contributed by atoms with van der Waals surface area (Å²) in [6.07, 6.45) is 4.25. The van der Waals surface area contributed by atoms with Crippen molar-refractivity contribution in [3.8, 4) is 0 Å². The van der Waals surface area contributed by atoms with Gasteiger partial charge in [0.1, 0.15) is 11.9 Å². The molecule has 3 heterocycles. The number of nitrogens with zero attached hydrogens (tertiary/aromatic N) is 5. The van der Waals surface area contributed by atoms with Gasteiger partial charge < -0.3 is 14.0 Å². The van der Waals surface area contributed by atoms with E-state index in [0.717, 1.165) is 49.1 Å². The van der Waals surface area contributed by atoms with Crippen molar-refractivity contribution in [3.05, 3.63) is 41.8 Å². The van der Waals surface area contributed by atoms with E-state index in [1.54, 1.807) is 6.92 Å². The maximum atomic E-state index is 13.0. The van der Waals surface area contributed by atoms with Gasteiger partial charge in [0, 0.05) is 25.9 Å². The van der Waals surface area contributed by atoms with Crippen molar-refractivity contribution in [2.75, 3.05) is 6.54 Å².